The minimum absolute atomic E-state index is 0.0735. The summed E-state index contributed by atoms with van der Waals surface area (Å²) in [6.07, 6.45) is 76.4. The molecular formula is C63H112O5. The predicted octanol–water partition coefficient (Wildman–Crippen LogP) is 20.2. The van der Waals surface area contributed by atoms with Crippen LogP contribution >= 0.6 is 0 Å². The molecule has 0 N–H and O–H groups in total. The number of unbranched alkanes of at least 4 members (excludes halogenated alkanes) is 31. The standard InChI is InChI=1S/C63H112O5/c1-4-7-10-13-16-19-22-25-28-30-31-32-34-37-40-43-46-49-52-55-58-66-59-61(68-63(65)57-54-51-48-45-42-39-35-27-24-21-18-15-12-9-6-3)60-67-62(64)56-53-50-47-44-41-38-36-33-29-26-23-20-17-14-11-8-5-2/h7,10,16,19,25-26,28-29,31-32,37,40,61H,4-6,8-9,11-15,17-18,20-24,27,30,33-36,38-39,41-60H2,1-3H3/b10-7-,19-16-,28-25-,29-26-,32-31-,40-37-. The summed E-state index contributed by atoms with van der Waals surface area (Å²) in [5.74, 6) is -0.405. The Balaban J connectivity index is 4.32. The summed E-state index contributed by atoms with van der Waals surface area (Å²) in [4.78, 5) is 25.5. The van der Waals surface area contributed by atoms with Crippen molar-refractivity contribution in [3.63, 3.8) is 0 Å². The van der Waals surface area contributed by atoms with Crippen molar-refractivity contribution in [3.05, 3.63) is 72.9 Å². The number of allylic oxidation sites excluding steroid dienone is 12. The fourth-order valence-electron chi connectivity index (χ4n) is 8.36. The van der Waals surface area contributed by atoms with Gasteiger partial charge in [-0.1, -0.05) is 261 Å². The van der Waals surface area contributed by atoms with Gasteiger partial charge in [0.2, 0.25) is 0 Å². The number of esters is 2. The van der Waals surface area contributed by atoms with Gasteiger partial charge in [0.15, 0.2) is 6.10 Å². The molecule has 0 aromatic heterocycles. The highest BCUT2D eigenvalue weighted by molar-refractivity contribution is 5.70. The van der Waals surface area contributed by atoms with Gasteiger partial charge in [-0.3, -0.25) is 9.59 Å². The van der Waals surface area contributed by atoms with Gasteiger partial charge in [0, 0.05) is 19.4 Å². The van der Waals surface area contributed by atoms with E-state index in [1.54, 1.807) is 0 Å². The Morgan fingerprint density at radius 2 is 0.662 bits per heavy atom. The van der Waals surface area contributed by atoms with Crippen molar-refractivity contribution in [3.8, 4) is 0 Å². The molecule has 5 nitrogen and oxygen atoms in total. The molecule has 5 heteroatoms. The van der Waals surface area contributed by atoms with Gasteiger partial charge >= 0.3 is 11.9 Å². The first-order valence-electron chi connectivity index (χ1n) is 29.5. The largest absolute Gasteiger partial charge is 0.462 e. The lowest BCUT2D eigenvalue weighted by atomic mass is 10.0. The minimum atomic E-state index is -0.552. The summed E-state index contributed by atoms with van der Waals surface area (Å²) >= 11 is 0. The van der Waals surface area contributed by atoms with Crippen molar-refractivity contribution in [1.82, 2.24) is 0 Å². The van der Waals surface area contributed by atoms with E-state index in [9.17, 15) is 9.59 Å². The van der Waals surface area contributed by atoms with E-state index in [1.807, 2.05) is 0 Å². The maximum absolute atomic E-state index is 12.9. The van der Waals surface area contributed by atoms with E-state index in [-0.39, 0.29) is 25.2 Å². The van der Waals surface area contributed by atoms with Gasteiger partial charge in [-0.2, -0.15) is 0 Å². The first kappa shape index (κ1) is 65.3. The van der Waals surface area contributed by atoms with Gasteiger partial charge in [0.25, 0.3) is 0 Å². The van der Waals surface area contributed by atoms with Crippen LogP contribution in [0.5, 0.6) is 0 Å². The Bertz CT molecular complexity index is 1210. The van der Waals surface area contributed by atoms with Crippen LogP contribution in [0.3, 0.4) is 0 Å². The molecule has 394 valence electrons. The second kappa shape index (κ2) is 58.7. The molecule has 0 aromatic carbocycles. The van der Waals surface area contributed by atoms with Crippen molar-refractivity contribution >= 4 is 11.9 Å². The summed E-state index contributed by atoms with van der Waals surface area (Å²) in [7, 11) is 0. The summed E-state index contributed by atoms with van der Waals surface area (Å²) in [6, 6.07) is 0. The highest BCUT2D eigenvalue weighted by Crippen LogP contribution is 2.16. The second-order valence-corrected chi connectivity index (χ2v) is 19.5. The molecule has 0 aliphatic heterocycles. The normalized spacial score (nSPS) is 12.7. The van der Waals surface area contributed by atoms with E-state index < -0.39 is 6.10 Å². The zero-order valence-corrected chi connectivity index (χ0v) is 45.4. The zero-order valence-electron chi connectivity index (χ0n) is 45.4. The third kappa shape index (κ3) is 55.9. The van der Waals surface area contributed by atoms with Crippen LogP contribution in [0, 0.1) is 0 Å². The maximum atomic E-state index is 12.9. The highest BCUT2D eigenvalue weighted by atomic mass is 16.6. The Morgan fingerprint density at radius 1 is 0.338 bits per heavy atom. The fraction of sp³-hybridized carbons (Fsp3) is 0.778. The number of hydrogen-bond acceptors (Lipinski definition) is 5. The number of carbonyl (C=O) groups is 2. The van der Waals surface area contributed by atoms with Crippen LogP contribution in [0.15, 0.2) is 72.9 Å². The Labute approximate surface area is 423 Å². The summed E-state index contributed by atoms with van der Waals surface area (Å²) in [6.45, 7) is 7.69. The van der Waals surface area contributed by atoms with Crippen LogP contribution in [-0.4, -0.2) is 37.9 Å². The molecule has 0 aromatic rings. The van der Waals surface area contributed by atoms with Crippen molar-refractivity contribution in [1.29, 1.82) is 0 Å². The van der Waals surface area contributed by atoms with Crippen LogP contribution in [0.4, 0.5) is 0 Å². The molecule has 0 saturated carbocycles. The molecule has 1 unspecified atom stereocenters. The second-order valence-electron chi connectivity index (χ2n) is 19.5. The molecule has 0 bridgehead atoms. The van der Waals surface area contributed by atoms with Gasteiger partial charge in [-0.05, 0) is 89.9 Å². The Hall–Kier alpha value is -2.66. The lowest BCUT2D eigenvalue weighted by molar-refractivity contribution is -0.163. The average molecular weight is 950 g/mol. The molecule has 0 rings (SSSR count). The van der Waals surface area contributed by atoms with Crippen LogP contribution < -0.4 is 0 Å². The fourth-order valence-corrected chi connectivity index (χ4v) is 8.36. The van der Waals surface area contributed by atoms with Crippen LogP contribution in [0.2, 0.25) is 0 Å². The van der Waals surface area contributed by atoms with E-state index >= 15 is 0 Å². The third-order valence-electron chi connectivity index (χ3n) is 12.7. The topological polar surface area (TPSA) is 61.8 Å². The van der Waals surface area contributed by atoms with Gasteiger partial charge in [0.05, 0.1) is 6.61 Å². The van der Waals surface area contributed by atoms with Crippen LogP contribution in [-0.2, 0) is 23.8 Å². The molecule has 1 atom stereocenters. The Morgan fingerprint density at radius 3 is 1.07 bits per heavy atom. The van der Waals surface area contributed by atoms with Gasteiger partial charge in [-0.25, -0.2) is 0 Å². The lowest BCUT2D eigenvalue weighted by Gasteiger charge is -2.18. The third-order valence-corrected chi connectivity index (χ3v) is 12.7. The maximum Gasteiger partial charge on any atom is 0.306 e. The van der Waals surface area contributed by atoms with Crippen molar-refractivity contribution in [2.24, 2.45) is 0 Å². The first-order valence-corrected chi connectivity index (χ1v) is 29.5. The van der Waals surface area contributed by atoms with Crippen LogP contribution in [0.1, 0.15) is 290 Å². The molecule has 68 heavy (non-hydrogen) atoms. The SMILES string of the molecule is CC/C=C\C/C=C\C/C=C\C/C=C\C/C=C\CCCCCCOCC(COC(=O)CCCCCCCCC/C=C\CCCCCCCC)OC(=O)CCCCCCCCCCCCCCCCC. The molecule has 0 saturated heterocycles. The van der Waals surface area contributed by atoms with Crippen molar-refractivity contribution in [2.75, 3.05) is 19.8 Å². The molecule has 0 spiro atoms. The highest BCUT2D eigenvalue weighted by Gasteiger charge is 2.17. The van der Waals surface area contributed by atoms with Gasteiger partial charge in [0.1, 0.15) is 6.61 Å². The van der Waals surface area contributed by atoms with E-state index in [4.69, 9.17) is 14.2 Å². The van der Waals surface area contributed by atoms with E-state index in [0.29, 0.717) is 19.4 Å². The number of rotatable bonds is 54. The molecular weight excluding hydrogens is 837 g/mol. The summed E-state index contributed by atoms with van der Waals surface area (Å²) in [5, 5.41) is 0. The van der Waals surface area contributed by atoms with E-state index in [0.717, 1.165) is 83.5 Å². The molecule has 0 fully saturated rings. The number of ether oxygens (including phenoxy) is 3. The number of hydrogen-bond donors (Lipinski definition) is 0. The number of carbonyl (C=O) groups excluding carboxylic acids is 2. The molecule has 0 heterocycles. The predicted molar refractivity (Wildman–Crippen MR) is 297 cm³/mol. The quantitative estimate of drug-likeness (QED) is 0.0345. The van der Waals surface area contributed by atoms with E-state index in [2.05, 4.69) is 93.7 Å². The van der Waals surface area contributed by atoms with E-state index in [1.165, 1.54) is 173 Å². The van der Waals surface area contributed by atoms with Gasteiger partial charge < -0.3 is 14.2 Å². The Kier molecular flexibility index (Phi) is 56.4. The lowest BCUT2D eigenvalue weighted by Crippen LogP contribution is -2.30. The summed E-state index contributed by atoms with van der Waals surface area (Å²) in [5.41, 5.74) is 0. The van der Waals surface area contributed by atoms with Crippen molar-refractivity contribution in [2.45, 2.75) is 297 Å². The first-order chi connectivity index (χ1) is 33.6. The molecule has 0 aliphatic rings. The van der Waals surface area contributed by atoms with Crippen molar-refractivity contribution < 1.29 is 23.8 Å². The average Bonchev–Trinajstić information content (AvgIpc) is 3.34. The minimum Gasteiger partial charge on any atom is -0.462 e. The monoisotopic (exact) mass is 949 g/mol. The molecule has 0 radical (unpaired) electrons. The molecule has 0 aliphatic carbocycles. The molecule has 0 amide bonds. The smallest absolute Gasteiger partial charge is 0.306 e. The van der Waals surface area contributed by atoms with Gasteiger partial charge in [-0.15, -0.1) is 0 Å². The summed E-state index contributed by atoms with van der Waals surface area (Å²) < 4.78 is 17.5. The zero-order chi connectivity index (χ0) is 49.2. The van der Waals surface area contributed by atoms with Crippen LogP contribution in [0.25, 0.3) is 0 Å².